The minimum atomic E-state index is -5.35. The molecule has 0 unspecified atom stereocenters. The van der Waals surface area contributed by atoms with Gasteiger partial charge in [-0.2, -0.15) is 48.5 Å². The van der Waals surface area contributed by atoms with Gasteiger partial charge in [-0.1, -0.05) is 0 Å². The predicted molar refractivity (Wildman–Crippen MR) is 45.7 cm³/mol. The second kappa shape index (κ2) is 8.28. The summed E-state index contributed by atoms with van der Waals surface area (Å²) in [5.41, 5.74) is 0. The van der Waals surface area contributed by atoms with Gasteiger partial charge in [-0.3, -0.25) is 4.55 Å². The molecule has 1 N–H and O–H groups in total. The molecule has 0 aliphatic rings. The molecule has 0 saturated heterocycles. The maximum atomic E-state index is 12.0. The molecule has 0 aromatic rings. The van der Waals surface area contributed by atoms with Gasteiger partial charge in [-0.05, 0) is 4.53 Å². The van der Waals surface area contributed by atoms with Gasteiger partial charge >= 0.3 is 24.4 Å². The van der Waals surface area contributed by atoms with Crippen LogP contribution in [0.1, 0.15) is 6.42 Å². The number of ether oxygens (including phenoxy) is 1. The smallest absolute Gasteiger partial charge is 0.402 e. The summed E-state index contributed by atoms with van der Waals surface area (Å²) in [6.45, 7) is 0. The van der Waals surface area contributed by atoms with Crippen LogP contribution in [0.3, 0.4) is 0 Å². The van der Waals surface area contributed by atoms with Crippen LogP contribution in [0.2, 0.25) is 0 Å². The fourth-order valence-electron chi connectivity index (χ4n) is 0.495. The van der Waals surface area contributed by atoms with E-state index in [9.17, 15) is 48.1 Å². The third kappa shape index (κ3) is 16.7. The van der Waals surface area contributed by atoms with Crippen LogP contribution >= 0.6 is 0 Å². The fraction of sp³-hybridized carbons (Fsp3) is 0.667. The second-order valence-corrected chi connectivity index (χ2v) is 4.27. The summed E-state index contributed by atoms with van der Waals surface area (Å²) >= 11 is 0. The summed E-state index contributed by atoms with van der Waals surface area (Å²) in [4.78, 5) is 2.57. The summed E-state index contributed by atoms with van der Waals surface area (Å²) in [7, 11) is -4.27. The molecule has 0 spiro atoms. The molecule has 0 rings (SSSR count). The van der Waals surface area contributed by atoms with Gasteiger partial charge in [0.15, 0.2) is 0 Å². The van der Waals surface area contributed by atoms with E-state index < -0.39 is 46.9 Å². The lowest BCUT2D eigenvalue weighted by atomic mass is 10.4. The summed E-state index contributed by atoms with van der Waals surface area (Å²) in [6.07, 6.45) is -16.5. The van der Waals surface area contributed by atoms with Crippen molar-refractivity contribution < 1.29 is 62.3 Å². The van der Waals surface area contributed by atoms with Gasteiger partial charge in [0.05, 0.1) is 0 Å². The molecular weight excluding hydrogens is 355 g/mol. The number of hydrogen-bond acceptors (Lipinski definition) is 4. The van der Waals surface area contributed by atoms with Gasteiger partial charge in [-0.15, -0.1) is 0 Å². The normalized spacial score (nSPS) is 12.3. The Kier molecular flexibility index (Phi) is 8.70. The van der Waals surface area contributed by atoms with E-state index in [0.29, 0.717) is 0 Å². The van der Waals surface area contributed by atoms with E-state index in [4.69, 9.17) is 4.55 Å². The van der Waals surface area contributed by atoms with Crippen molar-refractivity contribution in [2.24, 2.45) is 0 Å². The molecule has 0 aromatic carbocycles. The number of halogens is 9. The van der Waals surface area contributed by atoms with Gasteiger partial charge in [0.2, 0.25) is 5.94 Å². The highest BCUT2D eigenvalue weighted by Gasteiger charge is 2.46. The van der Waals surface area contributed by atoms with Crippen molar-refractivity contribution in [1.82, 2.24) is 0 Å². The van der Waals surface area contributed by atoms with Crippen LogP contribution in [0.15, 0.2) is 12.1 Å². The zero-order valence-electron chi connectivity index (χ0n) is 9.30. The molecule has 0 atom stereocenters. The van der Waals surface area contributed by atoms with Gasteiger partial charge in [0.25, 0.3) is 10.1 Å². The van der Waals surface area contributed by atoms with E-state index in [1.54, 1.807) is 0 Å². The van der Waals surface area contributed by atoms with Crippen LogP contribution in [0.5, 0.6) is 0 Å². The molecule has 21 heavy (non-hydrogen) atoms. The average molecular weight is 360 g/mol. The summed E-state index contributed by atoms with van der Waals surface area (Å²) in [6, 6.07) is -3.03. The summed E-state index contributed by atoms with van der Waals surface area (Å²) < 4.78 is 131. The zero-order valence-corrected chi connectivity index (χ0v) is 10.1. The van der Waals surface area contributed by atoms with Gasteiger partial charge in [-0.25, -0.2) is 0 Å². The van der Waals surface area contributed by atoms with Crippen molar-refractivity contribution in [2.75, 3.05) is 5.94 Å². The first-order valence-corrected chi connectivity index (χ1v) is 5.73. The molecule has 128 valence electrons. The van der Waals surface area contributed by atoms with E-state index in [1.807, 2.05) is 0 Å². The maximum Gasteiger partial charge on any atom is 0.408 e. The first-order valence-electron chi connectivity index (χ1n) is 4.12. The molecular formula is C6H5F9O5S. The van der Waals surface area contributed by atoms with E-state index >= 15 is 0 Å². The van der Waals surface area contributed by atoms with Crippen LogP contribution in [0.4, 0.5) is 39.6 Å². The van der Waals surface area contributed by atoms with Crippen molar-refractivity contribution >= 4 is 10.1 Å². The van der Waals surface area contributed by atoms with Gasteiger partial charge < -0.3 is 4.74 Å². The van der Waals surface area contributed by atoms with Gasteiger partial charge in [0, 0.05) is 0 Å². The standard InChI is InChI=1S/C5H2F8O.CH3FO4S/c6-2(7)3(8)14-5(12,13)1-4(9,10)11;2-6-1-7(3,4)5/h1H2;1H2,(H,3,4,5). The highest BCUT2D eigenvalue weighted by molar-refractivity contribution is 7.85. The van der Waals surface area contributed by atoms with Crippen molar-refractivity contribution in [2.45, 2.75) is 18.7 Å². The van der Waals surface area contributed by atoms with Crippen LogP contribution in [-0.4, -0.2) is 31.2 Å². The lowest BCUT2D eigenvalue weighted by Gasteiger charge is -2.17. The molecule has 0 aromatic heterocycles. The first kappa shape index (κ1) is 22.1. The highest BCUT2D eigenvalue weighted by Crippen LogP contribution is 2.34. The van der Waals surface area contributed by atoms with E-state index in [-0.39, 0.29) is 0 Å². The fourth-order valence-corrected chi connectivity index (χ4v) is 0.608. The van der Waals surface area contributed by atoms with Crippen LogP contribution in [-0.2, 0) is 19.8 Å². The van der Waals surface area contributed by atoms with Crippen LogP contribution in [0, 0.1) is 0 Å². The molecule has 5 nitrogen and oxygen atoms in total. The summed E-state index contributed by atoms with van der Waals surface area (Å²) in [5.74, 6) is -1.30. The Labute approximate surface area is 110 Å². The molecule has 0 bridgehead atoms. The molecule has 0 aliphatic carbocycles. The largest absolute Gasteiger partial charge is 0.408 e. The molecule has 0 saturated carbocycles. The molecule has 0 aliphatic heterocycles. The molecule has 15 heteroatoms. The van der Waals surface area contributed by atoms with E-state index in [0.717, 1.165) is 0 Å². The average Bonchev–Trinajstić information content (AvgIpc) is 2.10. The van der Waals surface area contributed by atoms with Crippen molar-refractivity contribution in [3.63, 3.8) is 0 Å². The molecule has 0 amide bonds. The quantitative estimate of drug-likeness (QED) is 0.463. The minimum absolute atomic E-state index is 1.30. The first-order chi connectivity index (χ1) is 9.09. The van der Waals surface area contributed by atoms with Crippen molar-refractivity contribution in [1.29, 1.82) is 0 Å². The third-order valence-corrected chi connectivity index (χ3v) is 1.37. The Bertz CT molecular complexity index is 438. The Morgan fingerprint density at radius 3 is 1.67 bits per heavy atom. The Hall–Kier alpha value is -1.22. The monoisotopic (exact) mass is 360 g/mol. The molecule has 0 fully saturated rings. The predicted octanol–water partition coefficient (Wildman–Crippen LogP) is 3.32. The minimum Gasteiger partial charge on any atom is -0.402 e. The van der Waals surface area contributed by atoms with E-state index in [1.165, 1.54) is 0 Å². The van der Waals surface area contributed by atoms with Crippen molar-refractivity contribution in [3.8, 4) is 0 Å². The topological polar surface area (TPSA) is 72.8 Å². The number of alkyl halides is 5. The summed E-state index contributed by atoms with van der Waals surface area (Å²) in [5, 5.41) is 0. The number of hydrogen-bond donors (Lipinski definition) is 1. The lowest BCUT2D eigenvalue weighted by molar-refractivity contribution is -0.285. The van der Waals surface area contributed by atoms with Crippen LogP contribution < -0.4 is 0 Å². The Morgan fingerprint density at radius 1 is 1.05 bits per heavy atom. The third-order valence-electron chi connectivity index (χ3n) is 0.987. The van der Waals surface area contributed by atoms with E-state index in [2.05, 4.69) is 9.68 Å². The second-order valence-electron chi connectivity index (χ2n) is 2.87. The highest BCUT2D eigenvalue weighted by atomic mass is 32.2. The Morgan fingerprint density at radius 2 is 1.48 bits per heavy atom. The molecule has 0 radical (unpaired) electrons. The zero-order chi connectivity index (χ0) is 17.5. The lowest BCUT2D eigenvalue weighted by Crippen LogP contribution is -2.28. The maximum absolute atomic E-state index is 12.0. The SMILES string of the molecule is FC(F)=C(F)OC(F)(F)CC(F)(F)F.O=S(=O)(O)COF. The van der Waals surface area contributed by atoms with Gasteiger partial charge in [0.1, 0.15) is 6.42 Å². The molecule has 0 heterocycles. The number of rotatable bonds is 5. The van der Waals surface area contributed by atoms with Crippen molar-refractivity contribution in [3.05, 3.63) is 12.1 Å². The Balaban J connectivity index is 0. The van der Waals surface area contributed by atoms with Crippen LogP contribution in [0.25, 0.3) is 0 Å².